The van der Waals surface area contributed by atoms with Crippen molar-refractivity contribution in [1.82, 2.24) is 5.32 Å². The maximum Gasteiger partial charge on any atom is 0.416 e. The van der Waals surface area contributed by atoms with Crippen LogP contribution in [-0.2, 0) is 12.7 Å². The van der Waals surface area contributed by atoms with E-state index in [9.17, 15) is 18.0 Å². The molecule has 3 rings (SSSR count). The quantitative estimate of drug-likeness (QED) is 0.645. The molecule has 1 heterocycles. The third kappa shape index (κ3) is 5.17. The number of hydrogen-bond donors (Lipinski definition) is 1. The van der Waals surface area contributed by atoms with Crippen LogP contribution in [0.5, 0.6) is 5.75 Å². The van der Waals surface area contributed by atoms with Gasteiger partial charge in [0.25, 0.3) is 5.91 Å². The number of benzene rings is 2. The van der Waals surface area contributed by atoms with Crippen molar-refractivity contribution in [2.45, 2.75) is 12.7 Å². The molecule has 0 aliphatic carbocycles. The highest BCUT2D eigenvalue weighted by atomic mass is 19.4. The molecule has 148 valence electrons. The third-order valence-corrected chi connectivity index (χ3v) is 3.96. The number of rotatable bonds is 6. The summed E-state index contributed by atoms with van der Waals surface area (Å²) >= 11 is 0. The van der Waals surface area contributed by atoms with Crippen LogP contribution >= 0.6 is 0 Å². The van der Waals surface area contributed by atoms with Gasteiger partial charge in [0.2, 0.25) is 0 Å². The fourth-order valence-electron chi connectivity index (χ4n) is 2.59. The van der Waals surface area contributed by atoms with Gasteiger partial charge in [-0.05, 0) is 42.0 Å². The molecule has 29 heavy (non-hydrogen) atoms. The van der Waals surface area contributed by atoms with Gasteiger partial charge in [-0.1, -0.05) is 24.3 Å². The van der Waals surface area contributed by atoms with E-state index in [0.29, 0.717) is 5.75 Å². The highest BCUT2D eigenvalue weighted by Crippen LogP contribution is 2.32. The van der Waals surface area contributed by atoms with Crippen molar-refractivity contribution < 1.29 is 27.1 Å². The Bertz CT molecular complexity index is 1050. The van der Waals surface area contributed by atoms with Gasteiger partial charge in [-0.3, -0.25) is 4.79 Å². The van der Waals surface area contributed by atoms with E-state index in [1.54, 1.807) is 24.3 Å². The molecular formula is C21H15F3N2O3. The van der Waals surface area contributed by atoms with Gasteiger partial charge in [0.1, 0.15) is 17.6 Å². The number of carbonyl (C=O) groups is 1. The number of nitriles is 1. The van der Waals surface area contributed by atoms with Crippen molar-refractivity contribution in [2.24, 2.45) is 0 Å². The SMILES string of the molecule is N#CCOc1cccc(CNC(=O)c2ccc(-c3cccc(C(F)(F)F)c3)o2)c1. The van der Waals surface area contributed by atoms with Crippen LogP contribution in [0, 0.1) is 11.3 Å². The molecule has 0 unspecified atom stereocenters. The first-order chi connectivity index (χ1) is 13.9. The summed E-state index contributed by atoms with van der Waals surface area (Å²) < 4.78 is 49.2. The molecule has 1 amide bonds. The summed E-state index contributed by atoms with van der Waals surface area (Å²) in [6.07, 6.45) is -4.46. The zero-order valence-corrected chi connectivity index (χ0v) is 15.0. The number of amides is 1. The first kappa shape index (κ1) is 20.0. The van der Waals surface area contributed by atoms with Gasteiger partial charge in [-0.15, -0.1) is 0 Å². The average molecular weight is 400 g/mol. The van der Waals surface area contributed by atoms with E-state index in [2.05, 4.69) is 5.32 Å². The Morgan fingerprint density at radius 2 is 1.90 bits per heavy atom. The van der Waals surface area contributed by atoms with Crippen molar-refractivity contribution >= 4 is 5.91 Å². The Morgan fingerprint density at radius 3 is 2.66 bits per heavy atom. The average Bonchev–Trinajstić information content (AvgIpc) is 3.21. The minimum absolute atomic E-state index is 0.0192. The fraction of sp³-hybridized carbons (Fsp3) is 0.143. The summed E-state index contributed by atoms with van der Waals surface area (Å²) in [7, 11) is 0. The molecular weight excluding hydrogens is 385 g/mol. The number of nitrogens with zero attached hydrogens (tertiary/aromatic N) is 1. The Labute approximate surface area is 164 Å². The van der Waals surface area contributed by atoms with Crippen LogP contribution in [0.2, 0.25) is 0 Å². The molecule has 1 aromatic heterocycles. The van der Waals surface area contributed by atoms with Crippen molar-refractivity contribution in [1.29, 1.82) is 5.26 Å². The van der Waals surface area contributed by atoms with Gasteiger partial charge in [0.15, 0.2) is 12.4 Å². The normalized spacial score (nSPS) is 11.0. The van der Waals surface area contributed by atoms with E-state index >= 15 is 0 Å². The van der Waals surface area contributed by atoms with Crippen LogP contribution in [0.1, 0.15) is 21.7 Å². The van der Waals surface area contributed by atoms with Crippen LogP contribution in [0.25, 0.3) is 11.3 Å². The van der Waals surface area contributed by atoms with Crippen LogP contribution in [0.15, 0.2) is 65.1 Å². The monoisotopic (exact) mass is 400 g/mol. The number of hydrogen-bond acceptors (Lipinski definition) is 4. The number of alkyl halides is 3. The summed E-state index contributed by atoms with van der Waals surface area (Å²) in [6.45, 7) is 0.0999. The number of nitrogens with one attached hydrogen (secondary N) is 1. The van der Waals surface area contributed by atoms with Crippen LogP contribution in [0.3, 0.4) is 0 Å². The number of carbonyl (C=O) groups excluding carboxylic acids is 1. The lowest BCUT2D eigenvalue weighted by Gasteiger charge is -2.07. The summed E-state index contributed by atoms with van der Waals surface area (Å²) in [5.41, 5.74) is 0.176. The molecule has 1 N–H and O–H groups in total. The smallest absolute Gasteiger partial charge is 0.416 e. The summed E-state index contributed by atoms with van der Waals surface area (Å²) in [5.74, 6) is 0.136. The van der Waals surface area contributed by atoms with Gasteiger partial charge >= 0.3 is 6.18 Å². The summed E-state index contributed by atoms with van der Waals surface area (Å²) in [4.78, 5) is 12.3. The molecule has 5 nitrogen and oxygen atoms in total. The molecule has 3 aromatic rings. The van der Waals surface area contributed by atoms with E-state index in [4.69, 9.17) is 14.4 Å². The fourth-order valence-corrected chi connectivity index (χ4v) is 2.59. The van der Waals surface area contributed by atoms with Gasteiger partial charge in [0, 0.05) is 12.1 Å². The second-order valence-electron chi connectivity index (χ2n) is 6.02. The highest BCUT2D eigenvalue weighted by molar-refractivity contribution is 5.92. The molecule has 0 aliphatic heterocycles. The second kappa shape index (κ2) is 8.52. The van der Waals surface area contributed by atoms with Crippen molar-refractivity contribution in [3.63, 3.8) is 0 Å². The van der Waals surface area contributed by atoms with Crippen LogP contribution < -0.4 is 10.1 Å². The minimum atomic E-state index is -4.46. The Kier molecular flexibility index (Phi) is 5.88. The summed E-state index contributed by atoms with van der Waals surface area (Å²) in [5, 5.41) is 11.2. The van der Waals surface area contributed by atoms with E-state index in [1.807, 2.05) is 6.07 Å². The lowest BCUT2D eigenvalue weighted by atomic mass is 10.1. The predicted octanol–water partition coefficient (Wildman–Crippen LogP) is 4.80. The van der Waals surface area contributed by atoms with Gasteiger partial charge in [0.05, 0.1) is 5.56 Å². The van der Waals surface area contributed by atoms with Crippen molar-refractivity contribution in [3.05, 3.63) is 77.6 Å². The topological polar surface area (TPSA) is 75.3 Å². The largest absolute Gasteiger partial charge is 0.479 e. The van der Waals surface area contributed by atoms with Crippen molar-refractivity contribution in [2.75, 3.05) is 6.61 Å². The Balaban J connectivity index is 1.67. The van der Waals surface area contributed by atoms with E-state index < -0.39 is 17.6 Å². The molecule has 0 spiro atoms. The van der Waals surface area contributed by atoms with Gasteiger partial charge in [-0.2, -0.15) is 18.4 Å². The first-order valence-electron chi connectivity index (χ1n) is 8.51. The van der Waals surface area contributed by atoms with Gasteiger partial charge < -0.3 is 14.5 Å². The first-order valence-corrected chi connectivity index (χ1v) is 8.51. The maximum atomic E-state index is 12.9. The van der Waals surface area contributed by atoms with Crippen LogP contribution in [0.4, 0.5) is 13.2 Å². The zero-order valence-electron chi connectivity index (χ0n) is 15.0. The third-order valence-electron chi connectivity index (χ3n) is 3.96. The molecule has 0 bridgehead atoms. The number of ether oxygens (including phenoxy) is 1. The van der Waals surface area contributed by atoms with E-state index in [1.165, 1.54) is 24.3 Å². The molecule has 0 radical (unpaired) electrons. The molecule has 0 aliphatic rings. The van der Waals surface area contributed by atoms with Crippen molar-refractivity contribution in [3.8, 4) is 23.1 Å². The lowest BCUT2D eigenvalue weighted by molar-refractivity contribution is -0.137. The highest BCUT2D eigenvalue weighted by Gasteiger charge is 2.30. The Morgan fingerprint density at radius 1 is 1.10 bits per heavy atom. The number of furan rings is 1. The maximum absolute atomic E-state index is 12.9. The minimum Gasteiger partial charge on any atom is -0.479 e. The molecule has 0 fully saturated rings. The van der Waals surface area contributed by atoms with E-state index in [0.717, 1.165) is 17.7 Å². The predicted molar refractivity (Wildman–Crippen MR) is 97.9 cm³/mol. The zero-order chi connectivity index (χ0) is 20.9. The van der Waals surface area contributed by atoms with Gasteiger partial charge in [-0.25, -0.2) is 0 Å². The lowest BCUT2D eigenvalue weighted by Crippen LogP contribution is -2.22. The number of halogens is 3. The Hall–Kier alpha value is -3.73. The van der Waals surface area contributed by atoms with E-state index in [-0.39, 0.29) is 30.2 Å². The molecule has 8 heteroatoms. The molecule has 2 aromatic carbocycles. The van der Waals surface area contributed by atoms with Crippen LogP contribution in [-0.4, -0.2) is 12.5 Å². The standard InChI is InChI=1S/C21H15F3N2O3/c22-21(23,24)16-5-2-4-15(12-16)18-7-8-19(29-18)20(27)26-13-14-3-1-6-17(11-14)28-10-9-25/h1-8,11-12H,10,13H2,(H,26,27). The second-order valence-corrected chi connectivity index (χ2v) is 6.02. The molecule has 0 saturated heterocycles. The molecule has 0 atom stereocenters. The molecule has 0 saturated carbocycles. The summed E-state index contributed by atoms with van der Waals surface area (Å²) in [6, 6.07) is 16.3.